The Labute approximate surface area is 201 Å². The van der Waals surface area contributed by atoms with Crippen LogP contribution in [0, 0.1) is 0 Å². The van der Waals surface area contributed by atoms with Crippen molar-refractivity contribution in [3.05, 3.63) is 64.8 Å². The first kappa shape index (κ1) is 24.3. The lowest BCUT2D eigenvalue weighted by Gasteiger charge is -2.19. The number of hydrogen-bond acceptors (Lipinski definition) is 5. The first-order valence-corrected chi connectivity index (χ1v) is 12.5. The summed E-state index contributed by atoms with van der Waals surface area (Å²) in [6.45, 7) is 4.31. The van der Waals surface area contributed by atoms with E-state index in [4.69, 9.17) is 4.74 Å². The number of halogens is 3. The Morgan fingerprint density at radius 3 is 2.68 bits per heavy atom. The van der Waals surface area contributed by atoms with Crippen molar-refractivity contribution in [3.63, 3.8) is 0 Å². The molecule has 8 heteroatoms. The van der Waals surface area contributed by atoms with Crippen LogP contribution in [-0.4, -0.2) is 9.97 Å². The number of hydrogen-bond donors (Lipinski definition) is 1. The zero-order chi connectivity index (χ0) is 24.1. The highest BCUT2D eigenvalue weighted by atomic mass is 32.1. The summed E-state index contributed by atoms with van der Waals surface area (Å²) in [5.41, 5.74) is 1.45. The van der Waals surface area contributed by atoms with E-state index in [-0.39, 0.29) is 10.0 Å². The Hall–Kier alpha value is -2.87. The summed E-state index contributed by atoms with van der Waals surface area (Å²) in [5.74, 6) is 1.36. The van der Waals surface area contributed by atoms with Gasteiger partial charge in [-0.3, -0.25) is 0 Å². The van der Waals surface area contributed by atoms with Crippen molar-refractivity contribution < 1.29 is 17.9 Å². The number of para-hydroxylation sites is 1. The Morgan fingerprint density at radius 2 is 1.97 bits per heavy atom. The molecule has 1 N–H and O–H groups in total. The number of aromatic nitrogens is 2. The number of anilines is 2. The summed E-state index contributed by atoms with van der Waals surface area (Å²) in [5, 5.41) is 3.20. The predicted octanol–water partition coefficient (Wildman–Crippen LogP) is 8.95. The van der Waals surface area contributed by atoms with Crippen LogP contribution in [0.4, 0.5) is 24.0 Å². The molecule has 1 unspecified atom stereocenters. The number of nitrogens with one attached hydrogen (secondary N) is 1. The minimum atomic E-state index is -4.52. The quantitative estimate of drug-likeness (QED) is 0.327. The molecule has 0 saturated heterocycles. The van der Waals surface area contributed by atoms with E-state index in [1.54, 1.807) is 18.3 Å². The van der Waals surface area contributed by atoms with Crippen LogP contribution in [0.5, 0.6) is 11.6 Å². The average molecular weight is 488 g/mol. The molecule has 34 heavy (non-hydrogen) atoms. The molecule has 1 aliphatic carbocycles. The third kappa shape index (κ3) is 5.43. The predicted molar refractivity (Wildman–Crippen MR) is 131 cm³/mol. The number of benzene rings is 1. The van der Waals surface area contributed by atoms with Crippen molar-refractivity contribution in [3.8, 4) is 11.6 Å². The molecule has 0 bridgehead atoms. The third-order valence-corrected chi connectivity index (χ3v) is 6.98. The number of nitrogens with zero attached hydrogens (tertiary/aromatic N) is 2. The number of ether oxygens (including phenoxy) is 1. The molecule has 4 nitrogen and oxygen atoms in total. The van der Waals surface area contributed by atoms with Crippen molar-refractivity contribution in [1.29, 1.82) is 0 Å². The van der Waals surface area contributed by atoms with Gasteiger partial charge in [-0.25, -0.2) is 9.97 Å². The van der Waals surface area contributed by atoms with Crippen molar-refractivity contribution in [2.24, 2.45) is 0 Å². The largest absolute Gasteiger partial charge is 0.437 e. The number of thiazole rings is 1. The second-order valence-corrected chi connectivity index (χ2v) is 9.33. The standard InChI is InChI=1S/C26H28F3N3OS/c1-3-10-17(4-2)19-13-7-8-15-21(19)33-24-20(14-9-16-30-24)31-25-32-23(26(27,28)29)22(34-25)18-11-5-6-12-18/h7-9,11,13-17H,3-6,10,12H2,1-2H3,(H,31,32). The van der Waals surface area contributed by atoms with Gasteiger partial charge in [0.2, 0.25) is 5.88 Å². The van der Waals surface area contributed by atoms with Crippen molar-refractivity contribution >= 4 is 27.7 Å². The topological polar surface area (TPSA) is 47.0 Å². The van der Waals surface area contributed by atoms with Crippen LogP contribution in [0.25, 0.3) is 5.57 Å². The van der Waals surface area contributed by atoms with Crippen LogP contribution in [0.1, 0.15) is 74.4 Å². The second kappa shape index (κ2) is 10.6. The fourth-order valence-corrected chi connectivity index (χ4v) is 5.35. The van der Waals surface area contributed by atoms with Gasteiger partial charge in [0.05, 0.1) is 4.88 Å². The maximum Gasteiger partial charge on any atom is 0.434 e. The monoisotopic (exact) mass is 487 g/mol. The zero-order valence-electron chi connectivity index (χ0n) is 19.3. The van der Waals surface area contributed by atoms with Crippen LogP contribution in [0.15, 0.2) is 48.7 Å². The average Bonchev–Trinajstić information content (AvgIpc) is 3.49. The van der Waals surface area contributed by atoms with Crippen LogP contribution < -0.4 is 10.1 Å². The zero-order valence-corrected chi connectivity index (χ0v) is 20.1. The number of pyridine rings is 1. The first-order valence-electron chi connectivity index (χ1n) is 11.7. The van der Waals surface area contributed by atoms with Gasteiger partial charge < -0.3 is 10.1 Å². The number of alkyl halides is 3. The molecule has 0 aliphatic heterocycles. The smallest absolute Gasteiger partial charge is 0.434 e. The highest BCUT2D eigenvalue weighted by Gasteiger charge is 2.38. The fourth-order valence-electron chi connectivity index (χ4n) is 4.29. The highest BCUT2D eigenvalue weighted by Crippen LogP contribution is 2.44. The molecule has 2 heterocycles. The normalized spacial score (nSPS) is 14.7. The second-order valence-electron chi connectivity index (χ2n) is 8.33. The van der Waals surface area contributed by atoms with Gasteiger partial charge in [0.1, 0.15) is 11.4 Å². The summed E-state index contributed by atoms with van der Waals surface area (Å²) in [6.07, 6.45) is 4.35. The Kier molecular flexibility index (Phi) is 7.56. The van der Waals surface area contributed by atoms with Gasteiger partial charge in [0.25, 0.3) is 0 Å². The molecule has 1 aromatic carbocycles. The van der Waals surface area contributed by atoms with Crippen molar-refractivity contribution in [2.45, 2.75) is 64.5 Å². The molecule has 2 aromatic heterocycles. The SMILES string of the molecule is CCCC(CC)c1ccccc1Oc1ncccc1Nc1nc(C(F)(F)F)c(C2=CCCC2)s1. The number of allylic oxidation sites excluding steroid dienone is 2. The molecule has 0 amide bonds. The molecule has 1 aliphatic rings. The van der Waals surface area contributed by atoms with E-state index in [9.17, 15) is 13.2 Å². The Balaban J connectivity index is 1.64. The van der Waals surface area contributed by atoms with E-state index in [2.05, 4.69) is 35.2 Å². The Bertz CT molecular complexity index is 1160. The maximum atomic E-state index is 13.7. The van der Waals surface area contributed by atoms with E-state index < -0.39 is 11.9 Å². The first-order chi connectivity index (χ1) is 16.4. The van der Waals surface area contributed by atoms with Gasteiger partial charge in [-0.05, 0) is 67.4 Å². The van der Waals surface area contributed by atoms with Crippen LogP contribution in [0.3, 0.4) is 0 Å². The molecule has 0 saturated carbocycles. The minimum Gasteiger partial charge on any atom is -0.437 e. The van der Waals surface area contributed by atoms with Gasteiger partial charge in [-0.1, -0.05) is 55.9 Å². The molecule has 0 spiro atoms. The lowest BCUT2D eigenvalue weighted by molar-refractivity contribution is -0.140. The van der Waals surface area contributed by atoms with Gasteiger partial charge in [-0.2, -0.15) is 13.2 Å². The summed E-state index contributed by atoms with van der Waals surface area (Å²) >= 11 is 1.02. The van der Waals surface area contributed by atoms with E-state index in [0.29, 0.717) is 29.7 Å². The van der Waals surface area contributed by atoms with E-state index >= 15 is 0 Å². The van der Waals surface area contributed by atoms with E-state index in [1.807, 2.05) is 24.3 Å². The molecule has 0 fully saturated rings. The van der Waals surface area contributed by atoms with Crippen LogP contribution in [0.2, 0.25) is 0 Å². The van der Waals surface area contributed by atoms with Gasteiger partial charge in [0.15, 0.2) is 10.8 Å². The maximum absolute atomic E-state index is 13.7. The summed E-state index contributed by atoms with van der Waals surface area (Å²) in [6, 6.07) is 11.3. The van der Waals surface area contributed by atoms with E-state index in [1.165, 1.54) is 0 Å². The van der Waals surface area contributed by atoms with Gasteiger partial charge >= 0.3 is 6.18 Å². The fraction of sp³-hybridized carbons (Fsp3) is 0.385. The summed E-state index contributed by atoms with van der Waals surface area (Å²) in [4.78, 5) is 8.46. The van der Waals surface area contributed by atoms with Crippen LogP contribution in [-0.2, 0) is 6.18 Å². The molecule has 0 radical (unpaired) electrons. The molecule has 4 rings (SSSR count). The molecule has 1 atom stereocenters. The summed E-state index contributed by atoms with van der Waals surface area (Å²) < 4.78 is 47.3. The van der Waals surface area contributed by atoms with Crippen molar-refractivity contribution in [2.75, 3.05) is 5.32 Å². The molecule has 180 valence electrons. The van der Waals surface area contributed by atoms with Gasteiger partial charge in [-0.15, -0.1) is 0 Å². The van der Waals surface area contributed by atoms with Crippen molar-refractivity contribution in [1.82, 2.24) is 9.97 Å². The lowest BCUT2D eigenvalue weighted by Crippen LogP contribution is -2.08. The van der Waals surface area contributed by atoms with Gasteiger partial charge in [0, 0.05) is 6.20 Å². The van der Waals surface area contributed by atoms with Crippen LogP contribution >= 0.6 is 11.3 Å². The molecular weight excluding hydrogens is 459 g/mol. The Morgan fingerprint density at radius 1 is 1.15 bits per heavy atom. The minimum absolute atomic E-state index is 0.165. The summed E-state index contributed by atoms with van der Waals surface area (Å²) in [7, 11) is 0. The number of rotatable bonds is 9. The molecule has 3 aromatic rings. The molecular formula is C26H28F3N3OS. The lowest BCUT2D eigenvalue weighted by atomic mass is 9.91. The van der Waals surface area contributed by atoms with E-state index in [0.717, 1.165) is 54.6 Å². The highest BCUT2D eigenvalue weighted by molar-refractivity contribution is 7.16. The third-order valence-electron chi connectivity index (χ3n) is 5.94.